The van der Waals surface area contributed by atoms with Crippen LogP contribution in [-0.2, 0) is 25.6 Å². The third-order valence-corrected chi connectivity index (χ3v) is 3.08. The average Bonchev–Trinajstić information content (AvgIpc) is 2.84. The lowest BCUT2D eigenvalue weighted by Crippen LogP contribution is -2.38. The summed E-state index contributed by atoms with van der Waals surface area (Å²) < 4.78 is 24.1. The van der Waals surface area contributed by atoms with Crippen LogP contribution in [0.4, 0.5) is 0 Å². The van der Waals surface area contributed by atoms with E-state index in [4.69, 9.17) is 9.47 Å². The molecule has 8 heteroatoms. The second kappa shape index (κ2) is 11.0. The molecule has 1 saturated heterocycles. The highest BCUT2D eigenvalue weighted by Crippen LogP contribution is 2.04. The van der Waals surface area contributed by atoms with Crippen LogP contribution in [0.3, 0.4) is 0 Å². The number of morpholine rings is 1. The van der Waals surface area contributed by atoms with Gasteiger partial charge >= 0.3 is 5.82 Å². The van der Waals surface area contributed by atoms with Gasteiger partial charge in [0, 0.05) is 19.6 Å². The zero-order valence-corrected chi connectivity index (χ0v) is 13.9. The normalized spacial score (nSPS) is 15.1. The van der Waals surface area contributed by atoms with Gasteiger partial charge in [0.25, 0.3) is 6.47 Å². The van der Waals surface area contributed by atoms with Gasteiger partial charge in [-0.1, -0.05) is 0 Å². The van der Waals surface area contributed by atoms with Crippen LogP contribution in [0.15, 0.2) is 13.6 Å². The first kappa shape index (κ1) is 19.4. The molecule has 8 nitrogen and oxygen atoms in total. The Morgan fingerprint density at radius 2 is 1.96 bits per heavy atom. The van der Waals surface area contributed by atoms with Crippen molar-refractivity contribution in [3.05, 3.63) is 22.1 Å². The van der Waals surface area contributed by atoms with Gasteiger partial charge in [0.2, 0.25) is 0 Å². The predicted octanol–water partition coefficient (Wildman–Crippen LogP) is 0.958. The first-order chi connectivity index (χ1) is 11.0. The maximum absolute atomic E-state index is 10.4. The van der Waals surface area contributed by atoms with Crippen LogP contribution in [0, 0.1) is 6.92 Å². The molecule has 0 unspecified atom stereocenters. The molecule has 0 aliphatic carbocycles. The second-order valence-electron chi connectivity index (χ2n) is 5.21. The highest BCUT2D eigenvalue weighted by molar-refractivity contribution is 5.37. The minimum Gasteiger partial charge on any atom is -0.460 e. The van der Waals surface area contributed by atoms with Crippen LogP contribution in [0.5, 0.6) is 0 Å². The van der Waals surface area contributed by atoms with Gasteiger partial charge in [-0.2, -0.15) is 0 Å². The van der Waals surface area contributed by atoms with Crippen molar-refractivity contribution in [3.8, 4) is 0 Å². The molecule has 2 heterocycles. The van der Waals surface area contributed by atoms with Gasteiger partial charge in [0.05, 0.1) is 25.9 Å². The molecule has 132 valence electrons. The number of aryl methyl sites for hydroxylation is 1. The van der Waals surface area contributed by atoms with Crippen LogP contribution in [0.25, 0.3) is 0 Å². The number of carbonyl (C=O) groups excluding carboxylic acids is 1. The van der Waals surface area contributed by atoms with Gasteiger partial charge in [0.15, 0.2) is 18.1 Å². The number of rotatable bonds is 7. The van der Waals surface area contributed by atoms with E-state index in [1.807, 2.05) is 0 Å². The Morgan fingerprint density at radius 1 is 1.26 bits per heavy atom. The van der Waals surface area contributed by atoms with Gasteiger partial charge in [-0.05, 0) is 20.8 Å². The molecule has 1 aromatic rings. The number of ether oxygens (including phenoxy) is 3. The van der Waals surface area contributed by atoms with Crippen LogP contribution in [-0.4, -0.2) is 56.9 Å². The van der Waals surface area contributed by atoms with E-state index in [-0.39, 0.29) is 18.8 Å². The Kier molecular flexibility index (Phi) is 9.27. The lowest BCUT2D eigenvalue weighted by atomic mass is 10.4. The molecule has 0 saturated carbocycles. The standard InChI is InChI=1S/C9H19NO2.C6H6O5/c1-9(2)12-8-5-10-3-6-11-7-4-10;1-4-5(2-9-3-7)11-6(8)10-4/h9H,3-8H2,1-2H3;3H,2H2,1H3. The summed E-state index contributed by atoms with van der Waals surface area (Å²) in [5.41, 5.74) is 0. The molecule has 1 aromatic heterocycles. The molecule has 0 amide bonds. The van der Waals surface area contributed by atoms with E-state index in [1.165, 1.54) is 0 Å². The van der Waals surface area contributed by atoms with Crippen molar-refractivity contribution >= 4 is 6.47 Å². The smallest absolute Gasteiger partial charge is 0.460 e. The van der Waals surface area contributed by atoms with Crippen molar-refractivity contribution in [1.82, 2.24) is 4.90 Å². The fourth-order valence-electron chi connectivity index (χ4n) is 1.86. The molecule has 0 radical (unpaired) electrons. The van der Waals surface area contributed by atoms with Crippen molar-refractivity contribution in [1.29, 1.82) is 0 Å². The summed E-state index contributed by atoms with van der Waals surface area (Å²) in [5, 5.41) is 0. The highest BCUT2D eigenvalue weighted by atomic mass is 16.6. The van der Waals surface area contributed by atoms with Gasteiger partial charge < -0.3 is 23.0 Å². The summed E-state index contributed by atoms with van der Waals surface area (Å²) in [7, 11) is 0. The molecule has 0 N–H and O–H groups in total. The molecule has 23 heavy (non-hydrogen) atoms. The lowest BCUT2D eigenvalue weighted by molar-refractivity contribution is -0.130. The molecule has 0 atom stereocenters. The van der Waals surface area contributed by atoms with Crippen molar-refractivity contribution < 1.29 is 27.8 Å². The molecule has 0 bridgehead atoms. The SMILES string of the molecule is CC(C)OCCN1CCOCC1.Cc1oc(=O)oc1COC=O. The average molecular weight is 331 g/mol. The van der Waals surface area contributed by atoms with Crippen molar-refractivity contribution in [2.45, 2.75) is 33.5 Å². The first-order valence-corrected chi connectivity index (χ1v) is 7.59. The quantitative estimate of drug-likeness (QED) is 0.682. The Balaban J connectivity index is 0.000000231. The minimum atomic E-state index is -0.785. The zero-order valence-electron chi connectivity index (χ0n) is 13.9. The molecular weight excluding hydrogens is 306 g/mol. The number of hydrogen-bond acceptors (Lipinski definition) is 8. The van der Waals surface area contributed by atoms with Crippen molar-refractivity contribution in [2.24, 2.45) is 0 Å². The van der Waals surface area contributed by atoms with Crippen LogP contribution >= 0.6 is 0 Å². The Hall–Kier alpha value is -1.64. The van der Waals surface area contributed by atoms with Gasteiger partial charge in [-0.15, -0.1) is 0 Å². The third kappa shape index (κ3) is 8.53. The van der Waals surface area contributed by atoms with Crippen molar-refractivity contribution in [3.63, 3.8) is 0 Å². The molecule has 2 rings (SSSR count). The summed E-state index contributed by atoms with van der Waals surface area (Å²) in [5.74, 6) is -0.217. The van der Waals surface area contributed by atoms with Gasteiger partial charge in [-0.25, -0.2) is 4.79 Å². The highest BCUT2D eigenvalue weighted by Gasteiger charge is 2.09. The van der Waals surface area contributed by atoms with Crippen molar-refractivity contribution in [2.75, 3.05) is 39.5 Å². The summed E-state index contributed by atoms with van der Waals surface area (Å²) in [6.07, 6.45) is 0.353. The number of hydrogen-bond donors (Lipinski definition) is 0. The summed E-state index contributed by atoms with van der Waals surface area (Å²) in [6.45, 7) is 11.6. The lowest BCUT2D eigenvalue weighted by Gasteiger charge is -2.26. The molecule has 1 fully saturated rings. The first-order valence-electron chi connectivity index (χ1n) is 7.59. The van der Waals surface area contributed by atoms with E-state index in [2.05, 4.69) is 32.3 Å². The molecule has 0 spiro atoms. The van der Waals surface area contributed by atoms with Crippen LogP contribution in [0.2, 0.25) is 0 Å². The van der Waals surface area contributed by atoms with Gasteiger partial charge in [-0.3, -0.25) is 9.69 Å². The second-order valence-corrected chi connectivity index (χ2v) is 5.21. The largest absolute Gasteiger partial charge is 0.519 e. The minimum absolute atomic E-state index is 0.0684. The molecule has 1 aliphatic heterocycles. The number of carbonyl (C=O) groups is 1. The third-order valence-electron chi connectivity index (χ3n) is 3.08. The van der Waals surface area contributed by atoms with E-state index in [0.29, 0.717) is 11.9 Å². The van der Waals surface area contributed by atoms with Gasteiger partial charge in [0.1, 0.15) is 0 Å². The molecular formula is C15H25NO7. The van der Waals surface area contributed by atoms with Crippen LogP contribution < -0.4 is 5.82 Å². The Labute approximate surface area is 135 Å². The summed E-state index contributed by atoms with van der Waals surface area (Å²) >= 11 is 0. The predicted molar refractivity (Wildman–Crippen MR) is 81.2 cm³/mol. The maximum Gasteiger partial charge on any atom is 0.519 e. The molecule has 0 aromatic carbocycles. The van der Waals surface area contributed by atoms with Crippen LogP contribution in [0.1, 0.15) is 25.4 Å². The van der Waals surface area contributed by atoms with E-state index in [9.17, 15) is 9.59 Å². The fraction of sp³-hybridized carbons (Fsp3) is 0.733. The maximum atomic E-state index is 10.4. The Bertz CT molecular complexity index is 488. The monoisotopic (exact) mass is 331 g/mol. The van der Waals surface area contributed by atoms with E-state index < -0.39 is 5.82 Å². The zero-order chi connectivity index (χ0) is 17.1. The Morgan fingerprint density at radius 3 is 2.48 bits per heavy atom. The van der Waals surface area contributed by atoms with E-state index in [1.54, 1.807) is 6.92 Å². The molecule has 1 aliphatic rings. The fourth-order valence-corrected chi connectivity index (χ4v) is 1.86. The summed E-state index contributed by atoms with van der Waals surface area (Å²) in [6, 6.07) is 0. The topological polar surface area (TPSA) is 91.4 Å². The summed E-state index contributed by atoms with van der Waals surface area (Å²) in [4.78, 5) is 22.5. The van der Waals surface area contributed by atoms with E-state index in [0.717, 1.165) is 39.5 Å². The van der Waals surface area contributed by atoms with E-state index >= 15 is 0 Å². The number of nitrogens with zero attached hydrogens (tertiary/aromatic N) is 1.